The second kappa shape index (κ2) is 14.9. The molecule has 0 aromatic carbocycles. The Bertz CT molecular complexity index is 662. The van der Waals surface area contributed by atoms with E-state index < -0.39 is 61.1 Å². The molecule has 0 saturated carbocycles. The van der Waals surface area contributed by atoms with Gasteiger partial charge >= 0.3 is 5.97 Å². The van der Waals surface area contributed by atoms with Crippen LogP contribution in [0.5, 0.6) is 0 Å². The third-order valence-corrected chi connectivity index (χ3v) is 4.75. The zero-order valence-electron chi connectivity index (χ0n) is 18.3. The number of nitrogens with one attached hydrogen (secondary N) is 5. The summed E-state index contributed by atoms with van der Waals surface area (Å²) in [4.78, 5) is 48.3. The molecule has 0 saturated heterocycles. The van der Waals surface area contributed by atoms with E-state index in [1.807, 2.05) is 5.32 Å². The molecule has 0 spiro atoms. The SMILES string of the molecule is CC[C@H](C)[C@H](NC(=O)[C@H](N)CCCNC(=N)N)C(=O)N[C@@H](CO)C(=O)N[C@@H](CO)C(=O)O. The van der Waals surface area contributed by atoms with Crippen molar-refractivity contribution in [1.82, 2.24) is 21.3 Å². The highest BCUT2D eigenvalue weighted by Gasteiger charge is 2.32. The van der Waals surface area contributed by atoms with Crippen LogP contribution in [0.1, 0.15) is 33.1 Å². The number of carbonyl (C=O) groups is 4. The highest BCUT2D eigenvalue weighted by molar-refractivity contribution is 5.94. The molecular formula is C18H35N7O7. The summed E-state index contributed by atoms with van der Waals surface area (Å²) in [7, 11) is 0. The molecular weight excluding hydrogens is 426 g/mol. The van der Waals surface area contributed by atoms with Gasteiger partial charge in [-0.3, -0.25) is 19.8 Å². The molecule has 0 aromatic rings. The fourth-order valence-electron chi connectivity index (χ4n) is 2.55. The van der Waals surface area contributed by atoms with Gasteiger partial charge in [-0.2, -0.15) is 0 Å². The van der Waals surface area contributed by atoms with Gasteiger partial charge in [-0.1, -0.05) is 20.3 Å². The molecule has 0 aromatic heterocycles. The van der Waals surface area contributed by atoms with Gasteiger partial charge in [0.05, 0.1) is 19.3 Å². The molecule has 0 rings (SSSR count). The maximum atomic E-state index is 12.7. The first-order valence-electron chi connectivity index (χ1n) is 10.2. The van der Waals surface area contributed by atoms with Crippen LogP contribution in [0, 0.1) is 11.3 Å². The lowest BCUT2D eigenvalue weighted by Gasteiger charge is -2.27. The van der Waals surface area contributed by atoms with Crippen LogP contribution in [0.4, 0.5) is 0 Å². The van der Waals surface area contributed by atoms with Gasteiger partial charge in [0.25, 0.3) is 0 Å². The van der Waals surface area contributed by atoms with E-state index in [-0.39, 0.29) is 18.3 Å². The molecule has 0 aliphatic rings. The predicted octanol–water partition coefficient (Wildman–Crippen LogP) is -3.85. The second-order valence-corrected chi connectivity index (χ2v) is 7.29. The molecule has 5 atom stereocenters. The van der Waals surface area contributed by atoms with Crippen molar-refractivity contribution in [2.75, 3.05) is 19.8 Å². The Morgan fingerprint density at radius 2 is 1.53 bits per heavy atom. The average molecular weight is 462 g/mol. The third kappa shape index (κ3) is 10.4. The van der Waals surface area contributed by atoms with E-state index in [2.05, 4.69) is 16.0 Å². The van der Waals surface area contributed by atoms with Crippen molar-refractivity contribution in [3.05, 3.63) is 0 Å². The molecule has 3 amide bonds. The maximum absolute atomic E-state index is 12.7. The minimum Gasteiger partial charge on any atom is -0.480 e. The third-order valence-electron chi connectivity index (χ3n) is 4.75. The van der Waals surface area contributed by atoms with E-state index in [4.69, 9.17) is 27.1 Å². The second-order valence-electron chi connectivity index (χ2n) is 7.29. The van der Waals surface area contributed by atoms with E-state index in [1.54, 1.807) is 13.8 Å². The lowest BCUT2D eigenvalue weighted by atomic mass is 9.97. The highest BCUT2D eigenvalue weighted by Crippen LogP contribution is 2.09. The first-order chi connectivity index (χ1) is 15.0. The first-order valence-corrected chi connectivity index (χ1v) is 10.2. The van der Waals surface area contributed by atoms with Gasteiger partial charge in [0.15, 0.2) is 5.96 Å². The van der Waals surface area contributed by atoms with E-state index in [9.17, 15) is 24.3 Å². The lowest BCUT2D eigenvalue weighted by Crippen LogP contribution is -2.59. The molecule has 0 aliphatic heterocycles. The van der Waals surface area contributed by atoms with E-state index in [1.165, 1.54) is 0 Å². The van der Waals surface area contributed by atoms with Crippen molar-refractivity contribution >= 4 is 29.7 Å². The molecule has 14 nitrogen and oxygen atoms in total. The first kappa shape index (κ1) is 29.0. The summed E-state index contributed by atoms with van der Waals surface area (Å²) in [5, 5.41) is 43.8. The van der Waals surface area contributed by atoms with Gasteiger partial charge in [0.1, 0.15) is 18.1 Å². The molecule has 0 fully saturated rings. The van der Waals surface area contributed by atoms with Gasteiger partial charge in [0.2, 0.25) is 17.7 Å². The Kier molecular flexibility index (Phi) is 13.5. The Morgan fingerprint density at radius 1 is 0.969 bits per heavy atom. The number of guanidine groups is 1. The Morgan fingerprint density at radius 3 is 2.00 bits per heavy atom. The fraction of sp³-hybridized carbons (Fsp3) is 0.722. The minimum atomic E-state index is -1.60. The van der Waals surface area contributed by atoms with Crippen LogP contribution in [0.25, 0.3) is 0 Å². The van der Waals surface area contributed by atoms with Crippen molar-refractivity contribution in [2.45, 2.75) is 57.3 Å². The zero-order valence-corrected chi connectivity index (χ0v) is 18.3. The van der Waals surface area contributed by atoms with Crippen LogP contribution in [0.15, 0.2) is 0 Å². The Balaban J connectivity index is 5.08. The maximum Gasteiger partial charge on any atom is 0.328 e. The summed E-state index contributed by atoms with van der Waals surface area (Å²) >= 11 is 0. The molecule has 12 N–H and O–H groups in total. The van der Waals surface area contributed by atoms with Crippen molar-refractivity contribution in [3.8, 4) is 0 Å². The highest BCUT2D eigenvalue weighted by atomic mass is 16.4. The quantitative estimate of drug-likeness (QED) is 0.0645. The molecule has 0 unspecified atom stereocenters. The number of aliphatic carboxylic acids is 1. The fourth-order valence-corrected chi connectivity index (χ4v) is 2.55. The number of amides is 3. The lowest BCUT2D eigenvalue weighted by molar-refractivity contribution is -0.143. The van der Waals surface area contributed by atoms with E-state index in [0.717, 1.165) is 0 Å². The van der Waals surface area contributed by atoms with E-state index >= 15 is 0 Å². The summed E-state index contributed by atoms with van der Waals surface area (Å²) in [5.41, 5.74) is 11.0. The number of carboxylic acids is 1. The molecule has 0 heterocycles. The van der Waals surface area contributed by atoms with Crippen molar-refractivity contribution in [1.29, 1.82) is 5.41 Å². The van der Waals surface area contributed by atoms with Gasteiger partial charge in [-0.05, 0) is 18.8 Å². The zero-order chi connectivity index (χ0) is 24.8. The van der Waals surface area contributed by atoms with Crippen LogP contribution in [-0.4, -0.2) is 88.9 Å². The molecule has 0 radical (unpaired) electrons. The number of hydrogen-bond donors (Lipinski definition) is 10. The van der Waals surface area contributed by atoms with Crippen molar-refractivity contribution in [2.24, 2.45) is 17.4 Å². The molecule has 32 heavy (non-hydrogen) atoms. The van der Waals surface area contributed by atoms with Gasteiger partial charge in [-0.25, -0.2) is 4.79 Å². The largest absolute Gasteiger partial charge is 0.480 e. The van der Waals surface area contributed by atoms with E-state index in [0.29, 0.717) is 19.4 Å². The number of hydrogen-bond acceptors (Lipinski definition) is 8. The topological polar surface area (TPSA) is 253 Å². The summed E-state index contributed by atoms with van der Waals surface area (Å²) in [5.74, 6) is -4.40. The number of carbonyl (C=O) groups excluding carboxylic acids is 3. The summed E-state index contributed by atoms with van der Waals surface area (Å²) in [6, 6.07) is -5.09. The predicted molar refractivity (Wildman–Crippen MR) is 114 cm³/mol. The number of nitrogens with two attached hydrogens (primary N) is 2. The van der Waals surface area contributed by atoms with Crippen LogP contribution in [-0.2, 0) is 19.2 Å². The van der Waals surface area contributed by atoms with Gasteiger partial charge in [0, 0.05) is 6.54 Å². The normalized spacial score (nSPS) is 15.4. The summed E-state index contributed by atoms with van der Waals surface area (Å²) in [6.07, 6.45) is 1.22. The number of aliphatic hydroxyl groups is 2. The van der Waals surface area contributed by atoms with Gasteiger partial charge in [-0.15, -0.1) is 0 Å². The molecule has 14 heteroatoms. The van der Waals surface area contributed by atoms with Crippen LogP contribution in [0.3, 0.4) is 0 Å². The molecule has 0 bridgehead atoms. The average Bonchev–Trinajstić information content (AvgIpc) is 2.75. The standard InChI is InChI=1S/C18H35N7O7/c1-3-9(2)13(25-14(28)10(19)5-4-6-22-18(20)21)16(30)23-11(7-26)15(29)24-12(8-27)17(31)32/h9-13,26-27H,3-8,19H2,1-2H3,(H,23,30)(H,24,29)(H,25,28)(H,31,32)(H4,20,21,22)/t9-,10+,11-,12-,13-/m0/s1. The van der Waals surface area contributed by atoms with Crippen molar-refractivity contribution in [3.63, 3.8) is 0 Å². The minimum absolute atomic E-state index is 0.201. The Labute approximate surface area is 186 Å². The summed E-state index contributed by atoms with van der Waals surface area (Å²) < 4.78 is 0. The van der Waals surface area contributed by atoms with Gasteiger partial charge < -0.3 is 48.1 Å². The Hall–Kier alpha value is -2.97. The van der Waals surface area contributed by atoms with Crippen molar-refractivity contribution < 1.29 is 34.5 Å². The van der Waals surface area contributed by atoms with Crippen LogP contribution >= 0.6 is 0 Å². The van der Waals surface area contributed by atoms with Crippen LogP contribution in [0.2, 0.25) is 0 Å². The number of carboxylic acid groups (broad SMARTS) is 1. The smallest absolute Gasteiger partial charge is 0.328 e. The summed E-state index contributed by atoms with van der Waals surface area (Å²) in [6.45, 7) is 2.13. The monoisotopic (exact) mass is 461 g/mol. The number of aliphatic hydroxyl groups excluding tert-OH is 2. The molecule has 184 valence electrons. The van der Waals surface area contributed by atoms with Crippen LogP contribution < -0.4 is 32.7 Å². The number of rotatable bonds is 15. The molecule has 0 aliphatic carbocycles.